The summed E-state index contributed by atoms with van der Waals surface area (Å²) in [6, 6.07) is 6.45. The van der Waals surface area contributed by atoms with E-state index in [1.165, 1.54) is 19.1 Å². The van der Waals surface area contributed by atoms with Gasteiger partial charge < -0.3 is 21.3 Å². The first-order valence-electron chi connectivity index (χ1n) is 5.85. The first-order valence-corrected chi connectivity index (χ1v) is 5.85. The van der Waals surface area contributed by atoms with Gasteiger partial charge in [0.25, 0.3) is 0 Å². The number of benzene rings is 1. The van der Waals surface area contributed by atoms with Gasteiger partial charge in [-0.15, -0.1) is 0 Å². The molecule has 0 fully saturated rings. The van der Waals surface area contributed by atoms with E-state index in [9.17, 15) is 15.0 Å². The number of carbonyl (C=O) groups is 1. The molecule has 1 amide bonds. The minimum atomic E-state index is -1.22. The molecular formula is C13H17N3O3. The van der Waals surface area contributed by atoms with Crippen LogP contribution in [0.4, 0.5) is 5.69 Å². The predicted octanol–water partition coefficient (Wildman–Crippen LogP) is 0.0610. The summed E-state index contributed by atoms with van der Waals surface area (Å²) in [4.78, 5) is 10.7. The summed E-state index contributed by atoms with van der Waals surface area (Å²) in [5.41, 5.74) is 6.56. The average molecular weight is 263 g/mol. The van der Waals surface area contributed by atoms with Gasteiger partial charge in [0, 0.05) is 24.7 Å². The molecule has 6 nitrogen and oxygen atoms in total. The van der Waals surface area contributed by atoms with Crippen molar-refractivity contribution in [3.63, 3.8) is 0 Å². The summed E-state index contributed by atoms with van der Waals surface area (Å²) >= 11 is 0. The lowest BCUT2D eigenvalue weighted by atomic mass is 9.97. The molecule has 102 valence electrons. The Hall–Kier alpha value is -2.10. The molecule has 2 unspecified atom stereocenters. The van der Waals surface area contributed by atoms with Crippen molar-refractivity contribution in [1.82, 2.24) is 5.32 Å². The van der Waals surface area contributed by atoms with E-state index < -0.39 is 12.2 Å². The van der Waals surface area contributed by atoms with Gasteiger partial charge in [0.1, 0.15) is 6.10 Å². The predicted molar refractivity (Wildman–Crippen MR) is 69.8 cm³/mol. The van der Waals surface area contributed by atoms with E-state index in [0.717, 1.165) is 0 Å². The van der Waals surface area contributed by atoms with Crippen LogP contribution in [0.3, 0.4) is 0 Å². The van der Waals surface area contributed by atoms with Crippen molar-refractivity contribution in [2.24, 2.45) is 0 Å². The molecule has 5 N–H and O–H groups in total. The monoisotopic (exact) mass is 263 g/mol. The number of hydrogen-bond donors (Lipinski definition) is 4. The summed E-state index contributed by atoms with van der Waals surface area (Å²) in [5.74, 6) is -0.205. The van der Waals surface area contributed by atoms with E-state index in [4.69, 9.17) is 11.0 Å². The summed E-state index contributed by atoms with van der Waals surface area (Å²) in [6.45, 7) is 1.62. The number of hydrogen-bond acceptors (Lipinski definition) is 5. The summed E-state index contributed by atoms with van der Waals surface area (Å²) in [5, 5.41) is 31.3. The number of amides is 1. The molecule has 2 atom stereocenters. The Morgan fingerprint density at radius 2 is 2.21 bits per heavy atom. The van der Waals surface area contributed by atoms with Crippen molar-refractivity contribution in [3.05, 3.63) is 29.3 Å². The highest BCUT2D eigenvalue weighted by Crippen LogP contribution is 2.24. The third-order valence-electron chi connectivity index (χ3n) is 2.69. The molecule has 0 radical (unpaired) electrons. The lowest BCUT2D eigenvalue weighted by Gasteiger charge is -2.19. The number of nitrogens with one attached hydrogen (secondary N) is 1. The lowest BCUT2D eigenvalue weighted by molar-refractivity contribution is -0.119. The normalized spacial score (nSPS) is 13.4. The second kappa shape index (κ2) is 6.73. The maximum Gasteiger partial charge on any atom is 0.216 e. The summed E-state index contributed by atoms with van der Waals surface area (Å²) in [6.07, 6.45) is -2.12. The quantitative estimate of drug-likeness (QED) is 0.560. The van der Waals surface area contributed by atoms with Crippen LogP contribution in [0.5, 0.6) is 0 Å². The molecule has 19 heavy (non-hydrogen) atoms. The fourth-order valence-electron chi connectivity index (χ4n) is 1.69. The van der Waals surface area contributed by atoms with Gasteiger partial charge in [0.2, 0.25) is 5.91 Å². The number of nitrogens with two attached hydrogens (primary N) is 1. The Bertz CT molecular complexity index is 496. The van der Waals surface area contributed by atoms with E-state index >= 15 is 0 Å². The van der Waals surface area contributed by atoms with Crippen LogP contribution in [0.2, 0.25) is 0 Å². The van der Waals surface area contributed by atoms with Gasteiger partial charge in [-0.3, -0.25) is 4.79 Å². The van der Waals surface area contributed by atoms with Crippen LogP contribution in [0.25, 0.3) is 0 Å². The highest BCUT2D eigenvalue weighted by atomic mass is 16.3. The Morgan fingerprint density at radius 1 is 1.53 bits per heavy atom. The second-order valence-electron chi connectivity index (χ2n) is 4.24. The Kier molecular flexibility index (Phi) is 5.30. The van der Waals surface area contributed by atoms with E-state index in [0.29, 0.717) is 5.69 Å². The van der Waals surface area contributed by atoms with Gasteiger partial charge >= 0.3 is 0 Å². The molecular weight excluding hydrogens is 246 g/mol. The molecule has 0 heterocycles. The van der Waals surface area contributed by atoms with Crippen molar-refractivity contribution in [1.29, 1.82) is 5.26 Å². The number of anilines is 1. The first-order chi connectivity index (χ1) is 8.95. The third-order valence-corrected chi connectivity index (χ3v) is 2.69. The number of aliphatic hydroxyl groups is 2. The fraction of sp³-hybridized carbons (Fsp3) is 0.385. The standard InChI is InChI=1S/C13H17N3O3/c1-8(17)16-5-4-12(18)13(19)11-6-10(15)3-2-9(11)7-14/h2-3,6,12-13,18-19H,4-5,15H2,1H3,(H,16,17). The highest BCUT2D eigenvalue weighted by molar-refractivity contribution is 5.72. The fourth-order valence-corrected chi connectivity index (χ4v) is 1.69. The van der Waals surface area contributed by atoms with Crippen LogP contribution >= 0.6 is 0 Å². The molecule has 0 aromatic heterocycles. The molecule has 0 saturated carbocycles. The number of nitriles is 1. The maximum atomic E-state index is 10.7. The Labute approximate surface area is 111 Å². The zero-order valence-corrected chi connectivity index (χ0v) is 10.6. The van der Waals surface area contributed by atoms with Crippen molar-refractivity contribution < 1.29 is 15.0 Å². The average Bonchev–Trinajstić information content (AvgIpc) is 2.37. The number of rotatable bonds is 5. The van der Waals surface area contributed by atoms with Crippen molar-refractivity contribution in [3.8, 4) is 6.07 Å². The molecule has 0 aliphatic carbocycles. The molecule has 0 aliphatic rings. The van der Waals surface area contributed by atoms with Crippen molar-refractivity contribution >= 4 is 11.6 Å². The van der Waals surface area contributed by atoms with E-state index in [1.54, 1.807) is 6.07 Å². The zero-order chi connectivity index (χ0) is 14.4. The maximum absolute atomic E-state index is 10.7. The van der Waals surface area contributed by atoms with Gasteiger partial charge in [-0.25, -0.2) is 0 Å². The molecule has 1 rings (SSSR count). The van der Waals surface area contributed by atoms with E-state index in [2.05, 4.69) is 5.32 Å². The first kappa shape index (κ1) is 15.0. The smallest absolute Gasteiger partial charge is 0.216 e. The van der Waals surface area contributed by atoms with Crippen LogP contribution in [-0.2, 0) is 4.79 Å². The minimum Gasteiger partial charge on any atom is -0.399 e. The molecule has 0 spiro atoms. The van der Waals surface area contributed by atoms with Gasteiger partial charge in [-0.1, -0.05) is 0 Å². The SMILES string of the molecule is CC(=O)NCCC(O)C(O)c1cc(N)ccc1C#N. The van der Waals surface area contributed by atoms with Crippen LogP contribution < -0.4 is 11.1 Å². The van der Waals surface area contributed by atoms with Gasteiger partial charge in [-0.05, 0) is 24.6 Å². The van der Waals surface area contributed by atoms with Crippen LogP contribution in [0.1, 0.15) is 30.6 Å². The lowest BCUT2D eigenvalue weighted by Crippen LogP contribution is -2.28. The number of aliphatic hydroxyl groups excluding tert-OH is 2. The second-order valence-corrected chi connectivity index (χ2v) is 4.24. The number of nitrogens with zero attached hydrogens (tertiary/aromatic N) is 1. The topological polar surface area (TPSA) is 119 Å². The number of carbonyl (C=O) groups excluding carboxylic acids is 1. The van der Waals surface area contributed by atoms with Crippen LogP contribution in [0.15, 0.2) is 18.2 Å². The molecule has 0 saturated heterocycles. The van der Waals surface area contributed by atoms with Crippen molar-refractivity contribution in [2.45, 2.75) is 25.6 Å². The Balaban J connectivity index is 2.76. The zero-order valence-electron chi connectivity index (χ0n) is 10.6. The molecule has 0 aliphatic heterocycles. The van der Waals surface area contributed by atoms with E-state index in [1.807, 2.05) is 6.07 Å². The third kappa shape index (κ3) is 4.25. The largest absolute Gasteiger partial charge is 0.399 e. The van der Waals surface area contributed by atoms with Gasteiger partial charge in [0.15, 0.2) is 0 Å². The number of nitrogen functional groups attached to an aromatic ring is 1. The molecule has 1 aromatic carbocycles. The summed E-state index contributed by atoms with van der Waals surface area (Å²) < 4.78 is 0. The molecule has 0 bridgehead atoms. The highest BCUT2D eigenvalue weighted by Gasteiger charge is 2.21. The van der Waals surface area contributed by atoms with Crippen molar-refractivity contribution in [2.75, 3.05) is 12.3 Å². The minimum absolute atomic E-state index is 0.181. The van der Waals surface area contributed by atoms with Crippen LogP contribution in [0, 0.1) is 11.3 Å². The molecule has 1 aromatic rings. The van der Waals surface area contributed by atoms with E-state index in [-0.39, 0.29) is 30.0 Å². The molecule has 6 heteroatoms. The van der Waals surface area contributed by atoms with Crippen LogP contribution in [-0.4, -0.2) is 28.8 Å². The van der Waals surface area contributed by atoms with Gasteiger partial charge in [0.05, 0.1) is 17.7 Å². The summed E-state index contributed by atoms with van der Waals surface area (Å²) in [7, 11) is 0. The van der Waals surface area contributed by atoms with Gasteiger partial charge in [-0.2, -0.15) is 5.26 Å². The Morgan fingerprint density at radius 3 is 2.79 bits per heavy atom.